The molecule has 0 saturated carbocycles. The van der Waals surface area contributed by atoms with Crippen molar-refractivity contribution in [3.8, 4) is 5.75 Å². The molecule has 0 saturated heterocycles. The van der Waals surface area contributed by atoms with Crippen molar-refractivity contribution in [2.75, 3.05) is 7.11 Å². The van der Waals surface area contributed by atoms with Gasteiger partial charge < -0.3 is 10.5 Å². The molecule has 0 aromatic heterocycles. The first kappa shape index (κ1) is 15.3. The second kappa shape index (κ2) is 5.73. The van der Waals surface area contributed by atoms with Crippen LogP contribution in [0, 0.1) is 5.82 Å². The average Bonchev–Trinajstić information content (AvgIpc) is 2.45. The minimum absolute atomic E-state index is 0.309. The van der Waals surface area contributed by atoms with E-state index in [1.807, 2.05) is 0 Å². The zero-order valence-corrected chi connectivity index (χ0v) is 11.1. The Bertz CT molecular complexity index is 640. The highest BCUT2D eigenvalue weighted by atomic mass is 19.4. The summed E-state index contributed by atoms with van der Waals surface area (Å²) in [5.41, 5.74) is 5.04. The number of benzene rings is 2. The van der Waals surface area contributed by atoms with Gasteiger partial charge in [0.25, 0.3) is 0 Å². The van der Waals surface area contributed by atoms with Gasteiger partial charge in [-0.15, -0.1) is 0 Å². The van der Waals surface area contributed by atoms with Crippen molar-refractivity contribution >= 4 is 0 Å². The summed E-state index contributed by atoms with van der Waals surface area (Å²) >= 11 is 0. The van der Waals surface area contributed by atoms with Gasteiger partial charge in [-0.2, -0.15) is 13.2 Å². The van der Waals surface area contributed by atoms with Gasteiger partial charge in [-0.3, -0.25) is 0 Å². The van der Waals surface area contributed by atoms with Crippen LogP contribution < -0.4 is 10.5 Å². The molecule has 21 heavy (non-hydrogen) atoms. The van der Waals surface area contributed by atoms with Crippen LogP contribution in [0.2, 0.25) is 0 Å². The minimum Gasteiger partial charge on any atom is -0.497 e. The Morgan fingerprint density at radius 1 is 1.10 bits per heavy atom. The maximum absolute atomic E-state index is 13.3. The van der Waals surface area contributed by atoms with E-state index in [-0.39, 0.29) is 5.56 Å². The van der Waals surface area contributed by atoms with Gasteiger partial charge in [0.05, 0.1) is 18.7 Å². The van der Waals surface area contributed by atoms with Crippen LogP contribution in [0.5, 0.6) is 5.75 Å². The van der Waals surface area contributed by atoms with Crippen LogP contribution in [0.1, 0.15) is 22.7 Å². The lowest BCUT2D eigenvalue weighted by molar-refractivity contribution is -0.138. The highest BCUT2D eigenvalue weighted by Crippen LogP contribution is 2.36. The van der Waals surface area contributed by atoms with Crippen LogP contribution in [0.25, 0.3) is 0 Å². The van der Waals surface area contributed by atoms with E-state index in [2.05, 4.69) is 0 Å². The monoisotopic (exact) mass is 299 g/mol. The van der Waals surface area contributed by atoms with Gasteiger partial charge >= 0.3 is 6.18 Å². The Kier molecular flexibility index (Phi) is 4.18. The molecule has 0 radical (unpaired) electrons. The fourth-order valence-corrected chi connectivity index (χ4v) is 2.06. The summed E-state index contributed by atoms with van der Waals surface area (Å²) < 4.78 is 57.3. The zero-order chi connectivity index (χ0) is 15.6. The van der Waals surface area contributed by atoms with E-state index in [4.69, 9.17) is 10.5 Å². The molecule has 1 atom stereocenters. The fraction of sp³-hybridized carbons (Fsp3) is 0.200. The average molecular weight is 299 g/mol. The van der Waals surface area contributed by atoms with Crippen molar-refractivity contribution in [1.82, 2.24) is 0 Å². The molecule has 2 nitrogen and oxygen atoms in total. The van der Waals surface area contributed by atoms with Gasteiger partial charge in [-0.05, 0) is 41.5 Å². The summed E-state index contributed by atoms with van der Waals surface area (Å²) in [7, 11) is 1.44. The molecular formula is C15H13F4NO. The van der Waals surface area contributed by atoms with Crippen molar-refractivity contribution in [2.24, 2.45) is 5.73 Å². The molecule has 0 aliphatic heterocycles. The van der Waals surface area contributed by atoms with Gasteiger partial charge in [0.15, 0.2) is 0 Å². The quantitative estimate of drug-likeness (QED) is 0.872. The Hall–Kier alpha value is -2.08. The Morgan fingerprint density at radius 2 is 1.81 bits per heavy atom. The van der Waals surface area contributed by atoms with Crippen LogP contribution in [-0.2, 0) is 6.18 Å². The SMILES string of the molecule is COc1cccc(C(N)c2cc(F)ccc2C(F)(F)F)c1. The summed E-state index contributed by atoms with van der Waals surface area (Å²) in [6.45, 7) is 0. The van der Waals surface area contributed by atoms with Gasteiger partial charge in [0.2, 0.25) is 0 Å². The molecule has 2 aromatic rings. The van der Waals surface area contributed by atoms with E-state index in [0.717, 1.165) is 12.1 Å². The summed E-state index contributed by atoms with van der Waals surface area (Å²) in [6.07, 6.45) is -4.60. The molecule has 0 spiro atoms. The van der Waals surface area contributed by atoms with Crippen LogP contribution in [0.4, 0.5) is 17.6 Å². The molecule has 2 N–H and O–H groups in total. The third-order valence-corrected chi connectivity index (χ3v) is 3.11. The van der Waals surface area contributed by atoms with Crippen LogP contribution in [-0.4, -0.2) is 7.11 Å². The molecule has 0 amide bonds. The smallest absolute Gasteiger partial charge is 0.416 e. The summed E-state index contributed by atoms with van der Waals surface area (Å²) in [5.74, 6) is -0.302. The predicted octanol–water partition coefficient (Wildman–Crippen LogP) is 3.90. The number of nitrogens with two attached hydrogens (primary N) is 1. The number of alkyl halides is 3. The van der Waals surface area contributed by atoms with Crippen molar-refractivity contribution < 1.29 is 22.3 Å². The van der Waals surface area contributed by atoms with Crippen molar-refractivity contribution in [1.29, 1.82) is 0 Å². The maximum Gasteiger partial charge on any atom is 0.416 e. The fourth-order valence-electron chi connectivity index (χ4n) is 2.06. The normalized spacial score (nSPS) is 13.0. The molecule has 0 aliphatic carbocycles. The summed E-state index contributed by atoms with van der Waals surface area (Å²) in [5, 5.41) is 0. The Labute approximate surface area is 119 Å². The first-order chi connectivity index (χ1) is 9.82. The first-order valence-electron chi connectivity index (χ1n) is 6.09. The molecule has 0 bridgehead atoms. The molecular weight excluding hydrogens is 286 g/mol. The highest BCUT2D eigenvalue weighted by Gasteiger charge is 2.35. The zero-order valence-electron chi connectivity index (χ0n) is 11.1. The number of ether oxygens (including phenoxy) is 1. The van der Waals surface area contributed by atoms with Crippen molar-refractivity contribution in [3.63, 3.8) is 0 Å². The van der Waals surface area contributed by atoms with E-state index >= 15 is 0 Å². The van der Waals surface area contributed by atoms with E-state index in [1.54, 1.807) is 18.2 Å². The number of hydrogen-bond donors (Lipinski definition) is 1. The lowest BCUT2D eigenvalue weighted by atomic mass is 9.94. The highest BCUT2D eigenvalue weighted by molar-refractivity contribution is 5.41. The molecule has 0 heterocycles. The lowest BCUT2D eigenvalue weighted by Gasteiger charge is -2.19. The van der Waals surface area contributed by atoms with Gasteiger partial charge in [0.1, 0.15) is 11.6 Å². The molecule has 0 fully saturated rings. The standard InChI is InChI=1S/C15H13F4NO/c1-21-11-4-2-3-9(7-11)14(20)12-8-10(16)5-6-13(12)15(17,18)19/h2-8,14H,20H2,1H3. The largest absolute Gasteiger partial charge is 0.497 e. The van der Waals surface area contributed by atoms with Crippen molar-refractivity contribution in [2.45, 2.75) is 12.2 Å². The Morgan fingerprint density at radius 3 is 2.43 bits per heavy atom. The van der Waals surface area contributed by atoms with Crippen LogP contribution in [0.3, 0.4) is 0 Å². The third kappa shape index (κ3) is 3.33. The van der Waals surface area contributed by atoms with E-state index in [0.29, 0.717) is 17.4 Å². The number of methoxy groups -OCH3 is 1. The van der Waals surface area contributed by atoms with Gasteiger partial charge in [0, 0.05) is 0 Å². The summed E-state index contributed by atoms with van der Waals surface area (Å²) in [6, 6.07) is 7.52. The van der Waals surface area contributed by atoms with Gasteiger partial charge in [-0.1, -0.05) is 12.1 Å². The van der Waals surface area contributed by atoms with E-state index in [1.165, 1.54) is 13.2 Å². The van der Waals surface area contributed by atoms with Crippen LogP contribution >= 0.6 is 0 Å². The number of halogens is 4. The van der Waals surface area contributed by atoms with E-state index < -0.39 is 23.6 Å². The molecule has 112 valence electrons. The maximum atomic E-state index is 13.3. The van der Waals surface area contributed by atoms with Crippen LogP contribution in [0.15, 0.2) is 42.5 Å². The van der Waals surface area contributed by atoms with Gasteiger partial charge in [-0.25, -0.2) is 4.39 Å². The Balaban J connectivity index is 2.51. The number of rotatable bonds is 3. The molecule has 1 unspecified atom stereocenters. The van der Waals surface area contributed by atoms with Crippen molar-refractivity contribution in [3.05, 3.63) is 65.0 Å². The lowest BCUT2D eigenvalue weighted by Crippen LogP contribution is -2.19. The molecule has 2 rings (SSSR count). The molecule has 6 heteroatoms. The second-order valence-electron chi connectivity index (χ2n) is 4.48. The predicted molar refractivity (Wildman–Crippen MR) is 70.4 cm³/mol. The number of hydrogen-bond acceptors (Lipinski definition) is 2. The van der Waals surface area contributed by atoms with E-state index in [9.17, 15) is 17.6 Å². The minimum atomic E-state index is -4.60. The second-order valence-corrected chi connectivity index (χ2v) is 4.48. The topological polar surface area (TPSA) is 35.2 Å². The third-order valence-electron chi connectivity index (χ3n) is 3.11. The molecule has 2 aromatic carbocycles. The molecule has 0 aliphatic rings. The summed E-state index contributed by atoms with van der Waals surface area (Å²) in [4.78, 5) is 0. The first-order valence-corrected chi connectivity index (χ1v) is 6.09.